The van der Waals surface area contributed by atoms with Crippen LogP contribution in [0.25, 0.3) is 0 Å². The van der Waals surface area contributed by atoms with Gasteiger partial charge in [0.2, 0.25) is 5.78 Å². The van der Waals surface area contributed by atoms with Crippen LogP contribution in [0, 0.1) is 0 Å². The standard InChI is InChI=1S/C13H23NO4/c1-6-10(15)12(17)14-9(2)7-8-11(16)18-13(3,4)5/h9H,6-8H2,1-5H3,(H,14,17)/t9-/m0/s1. The number of hydrogen-bond donors (Lipinski definition) is 1. The van der Waals surface area contributed by atoms with Crippen LogP contribution in [-0.4, -0.2) is 29.3 Å². The van der Waals surface area contributed by atoms with E-state index in [9.17, 15) is 14.4 Å². The molecule has 0 aliphatic carbocycles. The van der Waals surface area contributed by atoms with Crippen molar-refractivity contribution in [2.75, 3.05) is 0 Å². The van der Waals surface area contributed by atoms with Crippen molar-refractivity contribution in [1.29, 1.82) is 0 Å². The fourth-order valence-corrected chi connectivity index (χ4v) is 1.26. The van der Waals surface area contributed by atoms with Crippen molar-refractivity contribution in [3.63, 3.8) is 0 Å². The summed E-state index contributed by atoms with van der Waals surface area (Å²) in [6.07, 6.45) is 0.862. The van der Waals surface area contributed by atoms with Crippen molar-refractivity contribution in [3.8, 4) is 0 Å². The Balaban J connectivity index is 3.97. The average molecular weight is 257 g/mol. The molecule has 0 aliphatic heterocycles. The van der Waals surface area contributed by atoms with Crippen molar-refractivity contribution in [3.05, 3.63) is 0 Å². The van der Waals surface area contributed by atoms with E-state index in [2.05, 4.69) is 5.32 Å². The lowest BCUT2D eigenvalue weighted by atomic mass is 10.1. The Bertz CT molecular complexity index is 317. The topological polar surface area (TPSA) is 72.5 Å². The Morgan fingerprint density at radius 2 is 1.78 bits per heavy atom. The molecule has 0 rings (SSSR count). The van der Waals surface area contributed by atoms with Gasteiger partial charge in [-0.05, 0) is 34.1 Å². The van der Waals surface area contributed by atoms with Crippen molar-refractivity contribution in [2.45, 2.75) is 65.5 Å². The lowest BCUT2D eigenvalue weighted by Gasteiger charge is -2.20. The Labute approximate surface area is 108 Å². The molecule has 0 saturated carbocycles. The molecule has 0 unspecified atom stereocenters. The predicted octanol–water partition coefficient (Wildman–Crippen LogP) is 1.59. The predicted molar refractivity (Wildman–Crippen MR) is 68.0 cm³/mol. The zero-order chi connectivity index (χ0) is 14.3. The number of Topliss-reactive ketones (excluding diaryl/α,β-unsaturated/α-hetero) is 1. The third-order valence-electron chi connectivity index (χ3n) is 2.15. The largest absolute Gasteiger partial charge is 0.460 e. The third-order valence-corrected chi connectivity index (χ3v) is 2.15. The number of esters is 1. The molecule has 0 saturated heterocycles. The van der Waals surface area contributed by atoms with E-state index in [-0.39, 0.29) is 24.9 Å². The molecule has 5 nitrogen and oxygen atoms in total. The van der Waals surface area contributed by atoms with Crippen LogP contribution in [0.4, 0.5) is 0 Å². The summed E-state index contributed by atoms with van der Waals surface area (Å²) in [6, 6.07) is -0.222. The summed E-state index contributed by atoms with van der Waals surface area (Å²) < 4.78 is 5.14. The van der Waals surface area contributed by atoms with Crippen LogP contribution in [0.3, 0.4) is 0 Å². The van der Waals surface area contributed by atoms with Crippen LogP contribution in [-0.2, 0) is 19.1 Å². The summed E-state index contributed by atoms with van der Waals surface area (Å²) in [5.41, 5.74) is -0.498. The second-order valence-corrected chi connectivity index (χ2v) is 5.28. The first kappa shape index (κ1) is 16.6. The van der Waals surface area contributed by atoms with Crippen molar-refractivity contribution < 1.29 is 19.1 Å². The van der Waals surface area contributed by atoms with Gasteiger partial charge in [0.1, 0.15) is 5.60 Å². The highest BCUT2D eigenvalue weighted by atomic mass is 16.6. The maximum Gasteiger partial charge on any atom is 0.306 e. The number of rotatable bonds is 6. The average Bonchev–Trinajstić information content (AvgIpc) is 2.22. The van der Waals surface area contributed by atoms with Gasteiger partial charge < -0.3 is 10.1 Å². The molecule has 0 aliphatic rings. The molecule has 0 aromatic rings. The van der Waals surface area contributed by atoms with Gasteiger partial charge in [-0.3, -0.25) is 14.4 Å². The molecule has 1 N–H and O–H groups in total. The molecule has 18 heavy (non-hydrogen) atoms. The van der Waals surface area contributed by atoms with Crippen LogP contribution in [0.2, 0.25) is 0 Å². The second kappa shape index (κ2) is 7.13. The summed E-state index contributed by atoms with van der Waals surface area (Å²) in [5.74, 6) is -1.33. The van der Waals surface area contributed by atoms with Gasteiger partial charge >= 0.3 is 5.97 Å². The quantitative estimate of drug-likeness (QED) is 0.579. The number of ketones is 1. The number of carbonyl (C=O) groups excluding carboxylic acids is 3. The molecule has 0 spiro atoms. The molecule has 0 aromatic carbocycles. The van der Waals surface area contributed by atoms with Crippen molar-refractivity contribution in [2.24, 2.45) is 0 Å². The van der Waals surface area contributed by atoms with Gasteiger partial charge in [-0.1, -0.05) is 6.92 Å². The van der Waals surface area contributed by atoms with Crippen LogP contribution in [0.5, 0.6) is 0 Å². The molecular weight excluding hydrogens is 234 g/mol. The summed E-state index contributed by atoms with van der Waals surface area (Å²) >= 11 is 0. The van der Waals surface area contributed by atoms with Gasteiger partial charge in [0.05, 0.1) is 0 Å². The van der Waals surface area contributed by atoms with Gasteiger partial charge in [-0.2, -0.15) is 0 Å². The summed E-state index contributed by atoms with van der Waals surface area (Å²) in [4.78, 5) is 33.8. The Morgan fingerprint density at radius 1 is 1.22 bits per heavy atom. The number of nitrogens with one attached hydrogen (secondary N) is 1. The molecule has 0 bridgehead atoms. The van der Waals surface area contributed by atoms with Crippen LogP contribution in [0.15, 0.2) is 0 Å². The van der Waals surface area contributed by atoms with E-state index >= 15 is 0 Å². The van der Waals surface area contributed by atoms with E-state index < -0.39 is 17.3 Å². The molecule has 0 radical (unpaired) electrons. The smallest absolute Gasteiger partial charge is 0.306 e. The van der Waals surface area contributed by atoms with E-state index in [1.807, 2.05) is 0 Å². The lowest BCUT2D eigenvalue weighted by Crippen LogP contribution is -2.37. The van der Waals surface area contributed by atoms with Crippen molar-refractivity contribution >= 4 is 17.7 Å². The molecule has 0 fully saturated rings. The van der Waals surface area contributed by atoms with Gasteiger partial charge in [0.25, 0.3) is 5.91 Å². The Hall–Kier alpha value is -1.39. The highest BCUT2D eigenvalue weighted by molar-refractivity contribution is 6.36. The van der Waals surface area contributed by atoms with E-state index in [1.165, 1.54) is 0 Å². The molecule has 5 heteroatoms. The number of hydrogen-bond acceptors (Lipinski definition) is 4. The van der Waals surface area contributed by atoms with E-state index in [0.29, 0.717) is 6.42 Å². The molecular formula is C13H23NO4. The molecule has 0 aromatic heterocycles. The first-order valence-electron chi connectivity index (χ1n) is 6.21. The Morgan fingerprint density at radius 3 is 2.22 bits per heavy atom. The minimum atomic E-state index is -0.589. The third kappa shape index (κ3) is 7.81. The highest BCUT2D eigenvalue weighted by Crippen LogP contribution is 2.09. The fraction of sp³-hybridized carbons (Fsp3) is 0.769. The summed E-state index contributed by atoms with van der Waals surface area (Å²) in [7, 11) is 0. The minimum Gasteiger partial charge on any atom is -0.460 e. The maximum absolute atomic E-state index is 11.4. The normalized spacial score (nSPS) is 12.7. The molecule has 0 heterocycles. The molecule has 1 amide bonds. The van der Waals surface area contributed by atoms with Gasteiger partial charge in [-0.15, -0.1) is 0 Å². The van der Waals surface area contributed by atoms with E-state index in [0.717, 1.165) is 0 Å². The van der Waals surface area contributed by atoms with E-state index in [4.69, 9.17) is 4.74 Å². The summed E-state index contributed by atoms with van der Waals surface area (Å²) in [5, 5.41) is 2.55. The molecule has 1 atom stereocenters. The zero-order valence-electron chi connectivity index (χ0n) is 11.8. The van der Waals surface area contributed by atoms with E-state index in [1.54, 1.807) is 34.6 Å². The van der Waals surface area contributed by atoms with Gasteiger partial charge in [0, 0.05) is 18.9 Å². The summed E-state index contributed by atoms with van der Waals surface area (Å²) in [6.45, 7) is 8.79. The second-order valence-electron chi connectivity index (χ2n) is 5.28. The minimum absolute atomic E-state index is 0.185. The van der Waals surface area contributed by atoms with Crippen LogP contribution >= 0.6 is 0 Å². The monoisotopic (exact) mass is 257 g/mol. The Kier molecular flexibility index (Phi) is 6.58. The van der Waals surface area contributed by atoms with Gasteiger partial charge in [-0.25, -0.2) is 0 Å². The maximum atomic E-state index is 11.4. The SMILES string of the molecule is CCC(=O)C(=O)N[C@@H](C)CCC(=O)OC(C)(C)C. The first-order valence-corrected chi connectivity index (χ1v) is 6.21. The van der Waals surface area contributed by atoms with Crippen molar-refractivity contribution in [1.82, 2.24) is 5.32 Å². The number of carbonyl (C=O) groups is 3. The van der Waals surface area contributed by atoms with Crippen LogP contribution < -0.4 is 5.32 Å². The lowest BCUT2D eigenvalue weighted by molar-refractivity contribution is -0.155. The molecule has 104 valence electrons. The zero-order valence-corrected chi connectivity index (χ0v) is 11.8. The number of ether oxygens (including phenoxy) is 1. The highest BCUT2D eigenvalue weighted by Gasteiger charge is 2.18. The van der Waals surface area contributed by atoms with Gasteiger partial charge in [0.15, 0.2) is 0 Å². The fourth-order valence-electron chi connectivity index (χ4n) is 1.26. The van der Waals surface area contributed by atoms with Crippen LogP contribution in [0.1, 0.15) is 53.9 Å². The number of amides is 1. The first-order chi connectivity index (χ1) is 8.15.